The number of hydrogen-bond acceptors (Lipinski definition) is 8. The highest BCUT2D eigenvalue weighted by Crippen LogP contribution is 2.14. The number of anilines is 2. The van der Waals surface area contributed by atoms with E-state index in [0.717, 1.165) is 38.5 Å². The van der Waals surface area contributed by atoms with Crippen molar-refractivity contribution < 1.29 is 9.53 Å². The first kappa shape index (κ1) is 18.0. The van der Waals surface area contributed by atoms with Crippen LogP contribution in [0.3, 0.4) is 0 Å². The summed E-state index contributed by atoms with van der Waals surface area (Å²) in [5.41, 5.74) is 0.376. The zero-order chi connectivity index (χ0) is 18.2. The minimum Gasteiger partial charge on any atom is -0.385 e. The number of nitrogens with one attached hydrogen (secondary N) is 1. The van der Waals surface area contributed by atoms with E-state index in [1.807, 2.05) is 0 Å². The van der Waals surface area contributed by atoms with Crippen LogP contribution in [-0.2, 0) is 4.74 Å². The minimum atomic E-state index is -0.193. The predicted octanol–water partition coefficient (Wildman–Crippen LogP) is 0.360. The number of amides is 1. The maximum Gasteiger partial charge on any atom is 0.270 e. The molecule has 0 atom stereocenters. The molecule has 1 saturated heterocycles. The second kappa shape index (κ2) is 9.04. The van der Waals surface area contributed by atoms with Crippen LogP contribution in [0.25, 0.3) is 0 Å². The van der Waals surface area contributed by atoms with Gasteiger partial charge in [-0.05, 0) is 18.6 Å². The molecule has 9 nitrogen and oxygen atoms in total. The van der Waals surface area contributed by atoms with Crippen LogP contribution in [0, 0.1) is 0 Å². The van der Waals surface area contributed by atoms with Crippen molar-refractivity contribution in [3.63, 3.8) is 0 Å². The molecule has 3 heterocycles. The number of methoxy groups -OCH3 is 1. The van der Waals surface area contributed by atoms with E-state index in [1.54, 1.807) is 37.8 Å². The molecule has 9 heteroatoms. The lowest BCUT2D eigenvalue weighted by Crippen LogP contribution is -2.47. The van der Waals surface area contributed by atoms with Crippen LogP contribution in [0.4, 0.5) is 11.9 Å². The Morgan fingerprint density at radius 3 is 2.42 bits per heavy atom. The fraction of sp³-hybridized carbons (Fsp3) is 0.471. The summed E-state index contributed by atoms with van der Waals surface area (Å²) >= 11 is 0. The molecule has 0 spiro atoms. The molecule has 0 aromatic carbocycles. The Kier molecular flexibility index (Phi) is 6.26. The van der Waals surface area contributed by atoms with Crippen molar-refractivity contribution in [3.8, 4) is 0 Å². The highest BCUT2D eigenvalue weighted by Gasteiger charge is 2.21. The van der Waals surface area contributed by atoms with E-state index < -0.39 is 0 Å². The van der Waals surface area contributed by atoms with Crippen LogP contribution in [0.15, 0.2) is 30.7 Å². The molecule has 1 fully saturated rings. The quantitative estimate of drug-likeness (QED) is 0.710. The molecule has 26 heavy (non-hydrogen) atoms. The third-order valence-corrected chi connectivity index (χ3v) is 4.08. The monoisotopic (exact) mass is 357 g/mol. The minimum absolute atomic E-state index is 0.193. The van der Waals surface area contributed by atoms with Gasteiger partial charge in [-0.1, -0.05) is 0 Å². The van der Waals surface area contributed by atoms with Crippen molar-refractivity contribution in [2.75, 3.05) is 56.2 Å². The molecule has 0 unspecified atom stereocenters. The molecule has 0 saturated carbocycles. The molecular formula is C17H23N7O2. The van der Waals surface area contributed by atoms with Gasteiger partial charge in [-0.2, -0.15) is 0 Å². The van der Waals surface area contributed by atoms with Crippen LogP contribution < -0.4 is 15.1 Å². The van der Waals surface area contributed by atoms with Gasteiger partial charge in [0.2, 0.25) is 11.9 Å². The predicted molar refractivity (Wildman–Crippen MR) is 97.3 cm³/mol. The first-order valence-corrected chi connectivity index (χ1v) is 8.65. The van der Waals surface area contributed by atoms with Crippen molar-refractivity contribution in [1.29, 1.82) is 0 Å². The standard InChI is InChI=1S/C17H23N7O2/c1-26-13-3-7-18-15(25)14-4-8-21-17(22-14)24-11-9-23(10-12-24)16-19-5-2-6-20-16/h2,4-6,8H,3,7,9-13H2,1H3,(H,18,25). The van der Waals surface area contributed by atoms with E-state index in [0.29, 0.717) is 24.8 Å². The first-order valence-electron chi connectivity index (χ1n) is 8.65. The second-order valence-electron chi connectivity index (χ2n) is 5.87. The van der Waals surface area contributed by atoms with Gasteiger partial charge < -0.3 is 19.9 Å². The van der Waals surface area contributed by atoms with E-state index >= 15 is 0 Å². The van der Waals surface area contributed by atoms with Gasteiger partial charge in [-0.25, -0.2) is 19.9 Å². The normalized spacial score (nSPS) is 14.3. The fourth-order valence-corrected chi connectivity index (χ4v) is 2.70. The SMILES string of the molecule is COCCCNC(=O)c1ccnc(N2CCN(c3ncccn3)CC2)n1. The molecule has 1 aliphatic rings. The van der Waals surface area contributed by atoms with Crippen LogP contribution in [0.1, 0.15) is 16.9 Å². The lowest BCUT2D eigenvalue weighted by molar-refractivity contribution is 0.0943. The molecule has 3 rings (SSSR count). The Morgan fingerprint density at radius 1 is 1.08 bits per heavy atom. The Balaban J connectivity index is 1.56. The average molecular weight is 357 g/mol. The number of aromatic nitrogens is 4. The highest BCUT2D eigenvalue weighted by molar-refractivity contribution is 5.92. The zero-order valence-electron chi connectivity index (χ0n) is 14.8. The largest absolute Gasteiger partial charge is 0.385 e. The van der Waals surface area contributed by atoms with Crippen LogP contribution in [-0.4, -0.2) is 72.3 Å². The molecule has 138 valence electrons. The summed E-state index contributed by atoms with van der Waals surface area (Å²) in [4.78, 5) is 33.7. The van der Waals surface area contributed by atoms with Crippen LogP contribution in [0.5, 0.6) is 0 Å². The van der Waals surface area contributed by atoms with Crippen molar-refractivity contribution in [2.24, 2.45) is 0 Å². The van der Waals surface area contributed by atoms with Crippen LogP contribution >= 0.6 is 0 Å². The maximum atomic E-state index is 12.2. The molecule has 1 amide bonds. The van der Waals surface area contributed by atoms with Crippen molar-refractivity contribution >= 4 is 17.8 Å². The summed E-state index contributed by atoms with van der Waals surface area (Å²) < 4.78 is 4.97. The van der Waals surface area contributed by atoms with Crippen molar-refractivity contribution in [3.05, 3.63) is 36.4 Å². The third-order valence-electron chi connectivity index (χ3n) is 4.08. The molecule has 0 aliphatic carbocycles. The summed E-state index contributed by atoms with van der Waals surface area (Å²) in [6.07, 6.45) is 5.88. The summed E-state index contributed by atoms with van der Waals surface area (Å²) in [6.45, 7) is 4.22. The van der Waals surface area contributed by atoms with Gasteiger partial charge in [-0.3, -0.25) is 4.79 Å². The molecule has 1 N–H and O–H groups in total. The molecular weight excluding hydrogens is 334 g/mol. The van der Waals surface area contributed by atoms with Crippen molar-refractivity contribution in [2.45, 2.75) is 6.42 Å². The lowest BCUT2D eigenvalue weighted by atomic mass is 10.3. The summed E-state index contributed by atoms with van der Waals surface area (Å²) in [5.74, 6) is 1.11. The second-order valence-corrected chi connectivity index (χ2v) is 5.87. The third kappa shape index (κ3) is 4.63. The summed E-state index contributed by atoms with van der Waals surface area (Å²) in [6, 6.07) is 3.43. The van der Waals surface area contributed by atoms with Gasteiger partial charge in [-0.15, -0.1) is 0 Å². The molecule has 2 aromatic rings. The molecule has 2 aromatic heterocycles. The van der Waals surface area contributed by atoms with E-state index in [2.05, 4.69) is 35.1 Å². The van der Waals surface area contributed by atoms with Crippen molar-refractivity contribution in [1.82, 2.24) is 25.3 Å². The van der Waals surface area contributed by atoms with Crippen LogP contribution in [0.2, 0.25) is 0 Å². The Morgan fingerprint density at radius 2 is 1.73 bits per heavy atom. The number of nitrogens with zero attached hydrogens (tertiary/aromatic N) is 6. The summed E-state index contributed by atoms with van der Waals surface area (Å²) in [5, 5.41) is 2.84. The topological polar surface area (TPSA) is 96.4 Å². The zero-order valence-corrected chi connectivity index (χ0v) is 14.8. The number of ether oxygens (including phenoxy) is 1. The maximum absolute atomic E-state index is 12.2. The van der Waals surface area contributed by atoms with E-state index in [-0.39, 0.29) is 5.91 Å². The summed E-state index contributed by atoms with van der Waals surface area (Å²) in [7, 11) is 1.64. The van der Waals surface area contributed by atoms with Gasteiger partial charge in [0.1, 0.15) is 5.69 Å². The lowest BCUT2D eigenvalue weighted by Gasteiger charge is -2.34. The average Bonchev–Trinajstić information content (AvgIpc) is 2.72. The fourth-order valence-electron chi connectivity index (χ4n) is 2.70. The number of piperazine rings is 1. The number of carbonyl (C=O) groups is 1. The smallest absolute Gasteiger partial charge is 0.270 e. The molecule has 1 aliphatic heterocycles. The van der Waals surface area contributed by atoms with Gasteiger partial charge in [0.15, 0.2) is 0 Å². The van der Waals surface area contributed by atoms with E-state index in [9.17, 15) is 4.79 Å². The highest BCUT2D eigenvalue weighted by atomic mass is 16.5. The Hall–Kier alpha value is -2.81. The Labute approximate surface area is 152 Å². The van der Waals surface area contributed by atoms with Gasteiger partial charge in [0.25, 0.3) is 5.91 Å². The number of hydrogen-bond donors (Lipinski definition) is 1. The van der Waals surface area contributed by atoms with Gasteiger partial charge in [0.05, 0.1) is 0 Å². The number of rotatable bonds is 7. The number of carbonyl (C=O) groups excluding carboxylic acids is 1. The molecule has 0 radical (unpaired) electrons. The molecule has 0 bridgehead atoms. The van der Waals surface area contributed by atoms with E-state index in [1.165, 1.54) is 0 Å². The first-order chi connectivity index (χ1) is 12.8. The van der Waals surface area contributed by atoms with Gasteiger partial charge >= 0.3 is 0 Å². The Bertz CT molecular complexity index is 705. The van der Waals surface area contributed by atoms with E-state index in [4.69, 9.17) is 4.74 Å². The van der Waals surface area contributed by atoms with Gasteiger partial charge in [0, 0.05) is 65.0 Å².